The zero-order valence-corrected chi connectivity index (χ0v) is 14.7. The van der Waals surface area contributed by atoms with Gasteiger partial charge in [0.1, 0.15) is 12.4 Å². The number of esters is 1. The first-order valence-corrected chi connectivity index (χ1v) is 7.81. The van der Waals surface area contributed by atoms with E-state index in [2.05, 4.69) is 0 Å². The van der Waals surface area contributed by atoms with Gasteiger partial charge in [0.15, 0.2) is 17.3 Å². The Kier molecular flexibility index (Phi) is 6.49. The summed E-state index contributed by atoms with van der Waals surface area (Å²) < 4.78 is 28.8. The Hall–Kier alpha value is -3.15. The molecular formula is C20H19FO5. The maximum absolute atomic E-state index is 13.6. The summed E-state index contributed by atoms with van der Waals surface area (Å²) in [5, 5.41) is 0. The van der Waals surface area contributed by atoms with E-state index in [9.17, 15) is 14.0 Å². The van der Waals surface area contributed by atoms with E-state index in [0.717, 1.165) is 0 Å². The molecule has 0 aromatic heterocycles. The molecule has 0 heterocycles. The van der Waals surface area contributed by atoms with Crippen molar-refractivity contribution in [1.29, 1.82) is 0 Å². The number of rotatable bonds is 7. The SMILES string of the molecule is COc1ccc(/C=C/C(=O)OCc2cc(C(C)=O)ccc2OC)cc1F. The normalized spacial score (nSPS) is 10.6. The van der Waals surface area contributed by atoms with Crippen molar-refractivity contribution in [2.24, 2.45) is 0 Å². The Morgan fingerprint density at radius 1 is 1.04 bits per heavy atom. The van der Waals surface area contributed by atoms with Crippen LogP contribution in [0.1, 0.15) is 28.4 Å². The predicted octanol–water partition coefficient (Wildman–Crippen LogP) is 3.80. The summed E-state index contributed by atoms with van der Waals surface area (Å²) in [4.78, 5) is 23.3. The molecule has 0 bridgehead atoms. The van der Waals surface area contributed by atoms with Crippen molar-refractivity contribution in [1.82, 2.24) is 0 Å². The molecule has 0 N–H and O–H groups in total. The standard InChI is InChI=1S/C20H19FO5/c1-13(22)15-6-8-18(24-2)16(11-15)12-26-20(23)9-5-14-4-7-19(25-3)17(21)10-14/h4-11H,12H2,1-3H3/b9-5+. The molecule has 0 radical (unpaired) electrons. The molecule has 6 heteroatoms. The zero-order chi connectivity index (χ0) is 19.1. The second-order valence-electron chi connectivity index (χ2n) is 5.42. The fourth-order valence-electron chi connectivity index (χ4n) is 2.26. The highest BCUT2D eigenvalue weighted by atomic mass is 19.1. The lowest BCUT2D eigenvalue weighted by Gasteiger charge is -2.09. The Morgan fingerprint density at radius 2 is 1.73 bits per heavy atom. The lowest BCUT2D eigenvalue weighted by atomic mass is 10.1. The molecular weight excluding hydrogens is 339 g/mol. The number of carbonyl (C=O) groups is 2. The molecule has 2 rings (SSSR count). The van der Waals surface area contributed by atoms with Gasteiger partial charge in [-0.1, -0.05) is 6.07 Å². The van der Waals surface area contributed by atoms with Crippen LogP contribution in [0.3, 0.4) is 0 Å². The second-order valence-corrected chi connectivity index (χ2v) is 5.42. The zero-order valence-electron chi connectivity index (χ0n) is 14.7. The van der Waals surface area contributed by atoms with Crippen LogP contribution in [0.5, 0.6) is 11.5 Å². The van der Waals surface area contributed by atoms with Crippen LogP contribution >= 0.6 is 0 Å². The van der Waals surface area contributed by atoms with Gasteiger partial charge in [0.25, 0.3) is 0 Å². The monoisotopic (exact) mass is 358 g/mol. The summed E-state index contributed by atoms with van der Waals surface area (Å²) >= 11 is 0. The fraction of sp³-hybridized carbons (Fsp3) is 0.200. The van der Waals surface area contributed by atoms with Crippen molar-refractivity contribution in [3.8, 4) is 11.5 Å². The van der Waals surface area contributed by atoms with Crippen LogP contribution < -0.4 is 9.47 Å². The molecule has 0 aliphatic heterocycles. The summed E-state index contributed by atoms with van der Waals surface area (Å²) in [7, 11) is 2.87. The molecule has 0 unspecified atom stereocenters. The Bertz CT molecular complexity index is 842. The van der Waals surface area contributed by atoms with Crippen LogP contribution in [0.4, 0.5) is 4.39 Å². The first kappa shape index (κ1) is 19.2. The summed E-state index contributed by atoms with van der Waals surface area (Å²) in [6.45, 7) is 1.40. The number of benzene rings is 2. The summed E-state index contributed by atoms with van der Waals surface area (Å²) in [6, 6.07) is 9.25. The number of ether oxygens (including phenoxy) is 3. The molecule has 2 aromatic carbocycles. The highest BCUT2D eigenvalue weighted by molar-refractivity contribution is 5.94. The van der Waals surface area contributed by atoms with Gasteiger partial charge in [-0.2, -0.15) is 0 Å². The average Bonchev–Trinajstić information content (AvgIpc) is 2.64. The molecule has 2 aromatic rings. The minimum atomic E-state index is -0.600. The number of methoxy groups -OCH3 is 2. The fourth-order valence-corrected chi connectivity index (χ4v) is 2.26. The Labute approximate surface area is 151 Å². The molecule has 0 aliphatic rings. The van der Waals surface area contributed by atoms with Crippen LogP contribution in [0.15, 0.2) is 42.5 Å². The van der Waals surface area contributed by atoms with Gasteiger partial charge in [-0.05, 0) is 48.9 Å². The summed E-state index contributed by atoms with van der Waals surface area (Å²) in [5.74, 6) is -0.571. The maximum atomic E-state index is 13.6. The smallest absolute Gasteiger partial charge is 0.331 e. The first-order valence-electron chi connectivity index (χ1n) is 7.81. The van der Waals surface area contributed by atoms with E-state index in [0.29, 0.717) is 22.4 Å². The van der Waals surface area contributed by atoms with Crippen LogP contribution in [0.2, 0.25) is 0 Å². The minimum Gasteiger partial charge on any atom is -0.496 e. The highest BCUT2D eigenvalue weighted by Crippen LogP contribution is 2.21. The lowest BCUT2D eigenvalue weighted by Crippen LogP contribution is -2.04. The topological polar surface area (TPSA) is 61.8 Å². The summed E-state index contributed by atoms with van der Waals surface area (Å²) in [6.07, 6.45) is 2.64. The van der Waals surface area contributed by atoms with Gasteiger partial charge in [0.05, 0.1) is 14.2 Å². The van der Waals surface area contributed by atoms with Crippen LogP contribution in [0.25, 0.3) is 6.08 Å². The highest BCUT2D eigenvalue weighted by Gasteiger charge is 2.09. The predicted molar refractivity (Wildman–Crippen MR) is 94.8 cm³/mol. The van der Waals surface area contributed by atoms with Crippen molar-refractivity contribution in [3.05, 3.63) is 65.0 Å². The van der Waals surface area contributed by atoms with Gasteiger partial charge in [-0.3, -0.25) is 4.79 Å². The molecule has 0 aliphatic carbocycles. The number of Topliss-reactive ketones (excluding diaryl/α,β-unsaturated/α-hetero) is 1. The molecule has 136 valence electrons. The van der Waals surface area contributed by atoms with Gasteiger partial charge in [0, 0.05) is 17.2 Å². The molecule has 5 nitrogen and oxygen atoms in total. The molecule has 0 atom stereocenters. The number of hydrogen-bond donors (Lipinski definition) is 0. The Balaban J connectivity index is 2.03. The molecule has 0 fully saturated rings. The molecule has 26 heavy (non-hydrogen) atoms. The average molecular weight is 358 g/mol. The molecule has 0 saturated heterocycles. The van der Waals surface area contributed by atoms with Gasteiger partial charge in [0.2, 0.25) is 0 Å². The first-order chi connectivity index (χ1) is 12.4. The third kappa shape index (κ3) is 4.92. The number of carbonyl (C=O) groups excluding carboxylic acids is 2. The van der Waals surface area contributed by atoms with Gasteiger partial charge >= 0.3 is 5.97 Å². The summed E-state index contributed by atoms with van der Waals surface area (Å²) in [5.41, 5.74) is 1.58. The van der Waals surface area contributed by atoms with E-state index in [1.807, 2.05) is 0 Å². The van der Waals surface area contributed by atoms with E-state index in [-0.39, 0.29) is 18.1 Å². The van der Waals surface area contributed by atoms with Crippen molar-refractivity contribution in [2.75, 3.05) is 14.2 Å². The van der Waals surface area contributed by atoms with E-state index < -0.39 is 11.8 Å². The maximum Gasteiger partial charge on any atom is 0.331 e. The lowest BCUT2D eigenvalue weighted by molar-refractivity contribution is -0.138. The number of ketones is 1. The van der Waals surface area contributed by atoms with E-state index in [1.165, 1.54) is 45.4 Å². The Morgan fingerprint density at radius 3 is 2.35 bits per heavy atom. The van der Waals surface area contributed by atoms with Crippen LogP contribution in [0, 0.1) is 5.82 Å². The number of halogens is 1. The third-order valence-corrected chi connectivity index (χ3v) is 3.64. The van der Waals surface area contributed by atoms with Crippen molar-refractivity contribution >= 4 is 17.8 Å². The van der Waals surface area contributed by atoms with Gasteiger partial charge in [-0.25, -0.2) is 9.18 Å². The van der Waals surface area contributed by atoms with Gasteiger partial charge in [-0.15, -0.1) is 0 Å². The largest absolute Gasteiger partial charge is 0.496 e. The minimum absolute atomic E-state index is 0.0512. The molecule has 0 saturated carbocycles. The molecule has 0 spiro atoms. The van der Waals surface area contributed by atoms with Crippen molar-refractivity contribution in [3.63, 3.8) is 0 Å². The number of hydrogen-bond acceptors (Lipinski definition) is 5. The third-order valence-electron chi connectivity index (χ3n) is 3.64. The van der Waals surface area contributed by atoms with E-state index >= 15 is 0 Å². The van der Waals surface area contributed by atoms with Crippen molar-refractivity contribution in [2.45, 2.75) is 13.5 Å². The van der Waals surface area contributed by atoms with E-state index in [4.69, 9.17) is 14.2 Å². The van der Waals surface area contributed by atoms with Gasteiger partial charge < -0.3 is 14.2 Å². The quantitative estimate of drug-likeness (QED) is 0.428. The van der Waals surface area contributed by atoms with Crippen molar-refractivity contribution < 1.29 is 28.2 Å². The van der Waals surface area contributed by atoms with Crippen LogP contribution in [-0.2, 0) is 16.1 Å². The van der Waals surface area contributed by atoms with E-state index in [1.54, 1.807) is 24.3 Å². The second kappa shape index (κ2) is 8.80. The molecule has 0 amide bonds. The van der Waals surface area contributed by atoms with Crippen LogP contribution in [-0.4, -0.2) is 26.0 Å².